The second kappa shape index (κ2) is 6.96. The van der Waals surface area contributed by atoms with E-state index in [9.17, 15) is 0 Å². The van der Waals surface area contributed by atoms with Crippen molar-refractivity contribution in [1.82, 2.24) is 0 Å². The Morgan fingerprint density at radius 2 is 2.00 bits per heavy atom. The lowest BCUT2D eigenvalue weighted by atomic mass is 10.3. The molecule has 0 N–H and O–H groups in total. The third-order valence-corrected chi connectivity index (χ3v) is 1.14. The molecule has 0 rings (SSSR count). The zero-order valence-electron chi connectivity index (χ0n) is 5.10. The summed E-state index contributed by atoms with van der Waals surface area (Å²) in [6.45, 7) is 2.03. The van der Waals surface area contributed by atoms with Gasteiger partial charge in [0.25, 0.3) is 0 Å². The second-order valence-corrected chi connectivity index (χ2v) is 2.08. The quantitative estimate of drug-likeness (QED) is 0.457. The average Bonchev–Trinajstić information content (AvgIpc) is 1.81. The number of rotatable bonds is 3. The van der Waals surface area contributed by atoms with Gasteiger partial charge in [-0.2, -0.15) is 0 Å². The lowest BCUT2D eigenvalue weighted by Crippen LogP contribution is -1.58. The van der Waals surface area contributed by atoms with Crippen LogP contribution >= 0.6 is 15.9 Å². The van der Waals surface area contributed by atoms with Gasteiger partial charge in [0, 0.05) is 5.33 Å². The molecule has 0 aromatic heterocycles. The highest BCUT2D eigenvalue weighted by Crippen LogP contribution is 1.87. The highest BCUT2D eigenvalue weighted by molar-refractivity contribution is 9.09. The molecule has 0 aliphatic heterocycles. The summed E-state index contributed by atoms with van der Waals surface area (Å²) in [7, 11) is 0. The van der Waals surface area contributed by atoms with Crippen molar-refractivity contribution in [2.75, 3.05) is 5.33 Å². The smallest absolute Gasteiger partial charge is 0.0212 e. The van der Waals surface area contributed by atoms with Crippen LogP contribution < -0.4 is 0 Å². The zero-order valence-corrected chi connectivity index (χ0v) is 6.69. The minimum atomic E-state index is 0.963. The van der Waals surface area contributed by atoms with Gasteiger partial charge in [0.1, 0.15) is 0 Å². The lowest BCUT2D eigenvalue weighted by Gasteiger charge is -1.76. The van der Waals surface area contributed by atoms with Crippen LogP contribution in [-0.4, -0.2) is 5.33 Å². The van der Waals surface area contributed by atoms with Crippen LogP contribution in [0.3, 0.4) is 0 Å². The summed E-state index contributed by atoms with van der Waals surface area (Å²) in [5.41, 5.74) is 0. The van der Waals surface area contributed by atoms with E-state index in [0.29, 0.717) is 0 Å². The predicted molar refractivity (Wildman–Crippen MR) is 42.4 cm³/mol. The highest BCUT2D eigenvalue weighted by Gasteiger charge is 1.66. The van der Waals surface area contributed by atoms with Crippen molar-refractivity contribution in [2.45, 2.75) is 13.3 Å². The van der Waals surface area contributed by atoms with Crippen LogP contribution in [0.4, 0.5) is 0 Å². The third kappa shape index (κ3) is 5.96. The molecule has 1 heteroatoms. The fourth-order valence-corrected chi connectivity index (χ4v) is 0.638. The predicted octanol–water partition coefficient (Wildman–Crippen LogP) is 2.90. The van der Waals surface area contributed by atoms with Gasteiger partial charge in [0.15, 0.2) is 0 Å². The van der Waals surface area contributed by atoms with Crippen molar-refractivity contribution >= 4 is 15.9 Å². The molecule has 0 aromatic carbocycles. The van der Waals surface area contributed by atoms with E-state index in [-0.39, 0.29) is 0 Å². The summed E-state index contributed by atoms with van der Waals surface area (Å²) in [5, 5.41) is 0.963. The third-order valence-electron chi connectivity index (χ3n) is 0.764. The molecule has 0 spiro atoms. The van der Waals surface area contributed by atoms with Crippen LogP contribution in [0, 0.1) is 0 Å². The molecule has 8 heavy (non-hydrogen) atoms. The lowest BCUT2D eigenvalue weighted by molar-refractivity contribution is 1.37. The molecular formula is C7H11Br. The molecule has 0 atom stereocenters. The molecule has 0 saturated heterocycles. The van der Waals surface area contributed by atoms with Gasteiger partial charge in [0.2, 0.25) is 0 Å². The highest BCUT2D eigenvalue weighted by atomic mass is 79.9. The van der Waals surface area contributed by atoms with Crippen molar-refractivity contribution < 1.29 is 0 Å². The average molecular weight is 175 g/mol. The topological polar surface area (TPSA) is 0 Å². The summed E-state index contributed by atoms with van der Waals surface area (Å²) in [5.74, 6) is 0. The van der Waals surface area contributed by atoms with Gasteiger partial charge >= 0.3 is 0 Å². The molecule has 0 radical (unpaired) electrons. The molecule has 0 aromatic rings. The number of halogens is 1. The number of hydrogen-bond acceptors (Lipinski definition) is 0. The Labute approximate surface area is 59.4 Å². The van der Waals surface area contributed by atoms with Gasteiger partial charge in [-0.05, 0) is 13.3 Å². The van der Waals surface area contributed by atoms with Gasteiger partial charge in [0.05, 0.1) is 0 Å². The monoisotopic (exact) mass is 174 g/mol. The van der Waals surface area contributed by atoms with Crippen molar-refractivity contribution in [3.63, 3.8) is 0 Å². The fraction of sp³-hybridized carbons (Fsp3) is 0.429. The van der Waals surface area contributed by atoms with E-state index in [1.54, 1.807) is 0 Å². The summed E-state index contributed by atoms with van der Waals surface area (Å²) in [6.07, 6.45) is 9.47. The van der Waals surface area contributed by atoms with Crippen molar-refractivity contribution in [3.8, 4) is 0 Å². The Bertz CT molecular complexity index is 82.4. The Morgan fingerprint density at radius 1 is 1.25 bits per heavy atom. The van der Waals surface area contributed by atoms with Crippen LogP contribution in [0.25, 0.3) is 0 Å². The molecule has 0 aliphatic carbocycles. The minimum Gasteiger partial charge on any atom is -0.0914 e. The Kier molecular flexibility index (Phi) is 6.93. The van der Waals surface area contributed by atoms with E-state index in [1.165, 1.54) is 0 Å². The standard InChI is InChI=1S/C7H11Br/c1-2-3-4-5-6-7-8/h2-3,5-6H,4,7H2,1H3. The number of alkyl halides is 1. The summed E-state index contributed by atoms with van der Waals surface area (Å²) in [6, 6.07) is 0. The first kappa shape index (κ1) is 7.96. The molecule has 0 aliphatic rings. The first-order valence-electron chi connectivity index (χ1n) is 2.74. The molecule has 46 valence electrons. The molecular weight excluding hydrogens is 164 g/mol. The van der Waals surface area contributed by atoms with Crippen LogP contribution in [0.2, 0.25) is 0 Å². The van der Waals surface area contributed by atoms with Gasteiger partial charge in [-0.1, -0.05) is 40.2 Å². The molecule has 0 saturated carbocycles. The normalized spacial score (nSPS) is 11.8. The van der Waals surface area contributed by atoms with Gasteiger partial charge in [-0.3, -0.25) is 0 Å². The Balaban J connectivity index is 3.03. The van der Waals surface area contributed by atoms with Crippen molar-refractivity contribution in [2.24, 2.45) is 0 Å². The van der Waals surface area contributed by atoms with Crippen LogP contribution in [-0.2, 0) is 0 Å². The second-order valence-electron chi connectivity index (χ2n) is 1.43. The minimum absolute atomic E-state index is 0.963. The maximum Gasteiger partial charge on any atom is 0.0212 e. The number of hydrogen-bond donors (Lipinski definition) is 0. The first-order chi connectivity index (χ1) is 3.91. The SMILES string of the molecule is CC=CCC=CCBr. The van der Waals surface area contributed by atoms with E-state index in [1.807, 2.05) is 6.92 Å². The van der Waals surface area contributed by atoms with Crippen LogP contribution in [0.5, 0.6) is 0 Å². The van der Waals surface area contributed by atoms with Crippen molar-refractivity contribution in [3.05, 3.63) is 24.3 Å². The first-order valence-corrected chi connectivity index (χ1v) is 3.86. The van der Waals surface area contributed by atoms with Gasteiger partial charge in [-0.15, -0.1) is 0 Å². The maximum atomic E-state index is 3.29. The molecule has 0 amide bonds. The molecule has 0 bridgehead atoms. The molecule has 0 unspecified atom stereocenters. The van der Waals surface area contributed by atoms with Gasteiger partial charge < -0.3 is 0 Å². The van der Waals surface area contributed by atoms with E-state index in [2.05, 4.69) is 40.2 Å². The summed E-state index contributed by atoms with van der Waals surface area (Å²) < 4.78 is 0. The summed E-state index contributed by atoms with van der Waals surface area (Å²) >= 11 is 3.29. The molecule has 0 fully saturated rings. The zero-order chi connectivity index (χ0) is 6.24. The van der Waals surface area contributed by atoms with E-state index < -0.39 is 0 Å². The summed E-state index contributed by atoms with van der Waals surface area (Å²) in [4.78, 5) is 0. The van der Waals surface area contributed by atoms with Gasteiger partial charge in [-0.25, -0.2) is 0 Å². The Hall–Kier alpha value is -0.0400. The number of allylic oxidation sites excluding steroid dienone is 4. The van der Waals surface area contributed by atoms with E-state index in [0.717, 1.165) is 11.8 Å². The fourth-order valence-electron chi connectivity index (χ4n) is 0.374. The van der Waals surface area contributed by atoms with E-state index >= 15 is 0 Å². The van der Waals surface area contributed by atoms with Crippen LogP contribution in [0.15, 0.2) is 24.3 Å². The Morgan fingerprint density at radius 3 is 2.50 bits per heavy atom. The van der Waals surface area contributed by atoms with Crippen molar-refractivity contribution in [1.29, 1.82) is 0 Å². The van der Waals surface area contributed by atoms with Crippen LogP contribution in [0.1, 0.15) is 13.3 Å². The van der Waals surface area contributed by atoms with E-state index in [4.69, 9.17) is 0 Å². The molecule has 0 heterocycles. The molecule has 0 nitrogen and oxygen atoms in total. The largest absolute Gasteiger partial charge is 0.0914 e. The maximum absolute atomic E-state index is 3.29.